The van der Waals surface area contributed by atoms with Crippen molar-refractivity contribution in [2.75, 3.05) is 5.73 Å². The lowest BCUT2D eigenvalue weighted by molar-refractivity contribution is 1.33. The van der Waals surface area contributed by atoms with Crippen molar-refractivity contribution in [2.24, 2.45) is 0 Å². The standard InChI is InChI=1S/C14H11Br2N3/c1-7-3-2-4-11-13(7)19-14(18-11)9-5-8(15)6-10(16)12(9)17/h2-6H,17H2,1H3,(H,18,19). The van der Waals surface area contributed by atoms with Crippen LogP contribution in [0.2, 0.25) is 0 Å². The third-order valence-corrected chi connectivity index (χ3v) is 4.18. The predicted octanol–water partition coefficient (Wildman–Crippen LogP) is 4.65. The fourth-order valence-electron chi connectivity index (χ4n) is 2.08. The molecule has 3 N–H and O–H groups in total. The van der Waals surface area contributed by atoms with E-state index >= 15 is 0 Å². The number of nitrogens with two attached hydrogens (primary N) is 1. The Balaban J connectivity index is 2.28. The molecule has 0 unspecified atom stereocenters. The highest BCUT2D eigenvalue weighted by Gasteiger charge is 2.12. The monoisotopic (exact) mass is 379 g/mol. The van der Waals surface area contributed by atoms with Gasteiger partial charge in [-0.2, -0.15) is 0 Å². The smallest absolute Gasteiger partial charge is 0.140 e. The maximum absolute atomic E-state index is 6.12. The number of halogens is 2. The van der Waals surface area contributed by atoms with Crippen LogP contribution in [0.1, 0.15) is 5.56 Å². The molecule has 1 aromatic heterocycles. The van der Waals surface area contributed by atoms with E-state index < -0.39 is 0 Å². The molecular weight excluding hydrogens is 370 g/mol. The molecule has 0 aliphatic heterocycles. The SMILES string of the molecule is Cc1cccc2[nH]c(-c3cc(Br)cc(Br)c3N)nc12. The largest absolute Gasteiger partial charge is 0.397 e. The highest BCUT2D eigenvalue weighted by Crippen LogP contribution is 2.34. The normalized spacial score (nSPS) is 11.1. The zero-order chi connectivity index (χ0) is 13.6. The summed E-state index contributed by atoms with van der Waals surface area (Å²) in [5.74, 6) is 0.781. The van der Waals surface area contributed by atoms with Crippen molar-refractivity contribution < 1.29 is 0 Å². The summed E-state index contributed by atoms with van der Waals surface area (Å²) in [4.78, 5) is 7.96. The minimum atomic E-state index is 0.680. The fraction of sp³-hybridized carbons (Fsp3) is 0.0714. The first kappa shape index (κ1) is 12.7. The highest BCUT2D eigenvalue weighted by atomic mass is 79.9. The average molecular weight is 381 g/mol. The van der Waals surface area contributed by atoms with E-state index in [1.807, 2.05) is 37.3 Å². The minimum absolute atomic E-state index is 0.680. The molecule has 0 radical (unpaired) electrons. The summed E-state index contributed by atoms with van der Waals surface area (Å²) in [5.41, 5.74) is 10.8. The van der Waals surface area contributed by atoms with Crippen molar-refractivity contribution in [1.29, 1.82) is 0 Å². The van der Waals surface area contributed by atoms with Gasteiger partial charge in [0, 0.05) is 14.5 Å². The molecule has 19 heavy (non-hydrogen) atoms. The summed E-state index contributed by atoms with van der Waals surface area (Å²) < 4.78 is 1.81. The van der Waals surface area contributed by atoms with Gasteiger partial charge < -0.3 is 10.7 Å². The fourth-order valence-corrected chi connectivity index (χ4v) is 3.31. The van der Waals surface area contributed by atoms with Crippen LogP contribution in [0.3, 0.4) is 0 Å². The van der Waals surface area contributed by atoms with Crippen LogP contribution in [0.4, 0.5) is 5.69 Å². The van der Waals surface area contributed by atoms with E-state index in [0.717, 1.165) is 36.9 Å². The molecule has 0 saturated heterocycles. The molecule has 0 fully saturated rings. The molecular formula is C14H11Br2N3. The van der Waals surface area contributed by atoms with E-state index in [0.29, 0.717) is 5.69 Å². The summed E-state index contributed by atoms with van der Waals surface area (Å²) in [6, 6.07) is 9.97. The maximum atomic E-state index is 6.12. The zero-order valence-electron chi connectivity index (χ0n) is 10.2. The number of fused-ring (bicyclic) bond motifs is 1. The quantitative estimate of drug-likeness (QED) is 0.604. The Hall–Kier alpha value is -1.33. The van der Waals surface area contributed by atoms with Crippen molar-refractivity contribution in [3.05, 3.63) is 44.8 Å². The van der Waals surface area contributed by atoms with Gasteiger partial charge in [-0.1, -0.05) is 28.1 Å². The van der Waals surface area contributed by atoms with Crippen LogP contribution in [0.5, 0.6) is 0 Å². The van der Waals surface area contributed by atoms with Crippen LogP contribution in [0.25, 0.3) is 22.4 Å². The van der Waals surface area contributed by atoms with Gasteiger partial charge in [0.15, 0.2) is 0 Å². The lowest BCUT2D eigenvalue weighted by Crippen LogP contribution is -1.93. The first-order valence-electron chi connectivity index (χ1n) is 5.76. The Morgan fingerprint density at radius 1 is 1.21 bits per heavy atom. The number of rotatable bonds is 1. The Bertz CT molecular complexity index is 778. The van der Waals surface area contributed by atoms with Gasteiger partial charge in [-0.15, -0.1) is 0 Å². The average Bonchev–Trinajstić information content (AvgIpc) is 2.79. The number of H-pyrrole nitrogens is 1. The van der Waals surface area contributed by atoms with E-state index in [9.17, 15) is 0 Å². The number of benzene rings is 2. The molecule has 96 valence electrons. The van der Waals surface area contributed by atoms with Gasteiger partial charge >= 0.3 is 0 Å². The van der Waals surface area contributed by atoms with Crippen LogP contribution in [-0.4, -0.2) is 9.97 Å². The van der Waals surface area contributed by atoms with Gasteiger partial charge in [0.1, 0.15) is 5.82 Å². The van der Waals surface area contributed by atoms with Crippen molar-refractivity contribution in [1.82, 2.24) is 9.97 Å². The van der Waals surface area contributed by atoms with E-state index in [1.54, 1.807) is 0 Å². The molecule has 0 spiro atoms. The van der Waals surface area contributed by atoms with Crippen LogP contribution in [0.15, 0.2) is 39.3 Å². The zero-order valence-corrected chi connectivity index (χ0v) is 13.3. The number of para-hydroxylation sites is 1. The molecule has 0 saturated carbocycles. The third kappa shape index (κ3) is 2.17. The van der Waals surface area contributed by atoms with Crippen molar-refractivity contribution in [2.45, 2.75) is 6.92 Å². The Labute approximate surface area is 127 Å². The second kappa shape index (κ2) is 4.65. The van der Waals surface area contributed by atoms with Gasteiger partial charge in [-0.25, -0.2) is 4.98 Å². The molecule has 0 aliphatic rings. The number of imidazole rings is 1. The molecule has 0 amide bonds. The van der Waals surface area contributed by atoms with Gasteiger partial charge in [-0.3, -0.25) is 0 Å². The van der Waals surface area contributed by atoms with Crippen LogP contribution < -0.4 is 5.73 Å². The van der Waals surface area contributed by atoms with Crippen molar-refractivity contribution in [3.63, 3.8) is 0 Å². The van der Waals surface area contributed by atoms with E-state index in [2.05, 4.69) is 41.8 Å². The molecule has 3 aromatic rings. The summed E-state index contributed by atoms with van der Waals surface area (Å²) in [5, 5.41) is 0. The number of hydrogen-bond acceptors (Lipinski definition) is 2. The molecule has 0 aliphatic carbocycles. The molecule has 0 atom stereocenters. The van der Waals surface area contributed by atoms with E-state index in [-0.39, 0.29) is 0 Å². The molecule has 1 heterocycles. The van der Waals surface area contributed by atoms with E-state index in [4.69, 9.17) is 5.73 Å². The summed E-state index contributed by atoms with van der Waals surface area (Å²) in [7, 11) is 0. The molecule has 3 nitrogen and oxygen atoms in total. The number of hydrogen-bond donors (Lipinski definition) is 2. The number of aryl methyl sites for hydroxylation is 1. The van der Waals surface area contributed by atoms with Crippen molar-refractivity contribution >= 4 is 48.6 Å². The Kier molecular flexibility index (Phi) is 3.11. The molecule has 5 heteroatoms. The first-order chi connectivity index (χ1) is 9.06. The number of nitrogen functional groups attached to an aromatic ring is 1. The summed E-state index contributed by atoms with van der Waals surface area (Å²) in [6.07, 6.45) is 0. The predicted molar refractivity (Wildman–Crippen MR) is 86.1 cm³/mol. The van der Waals surface area contributed by atoms with Gasteiger partial charge in [-0.05, 0) is 46.6 Å². The third-order valence-electron chi connectivity index (χ3n) is 3.06. The van der Waals surface area contributed by atoms with Crippen LogP contribution in [-0.2, 0) is 0 Å². The Morgan fingerprint density at radius 3 is 2.74 bits per heavy atom. The topological polar surface area (TPSA) is 54.7 Å². The van der Waals surface area contributed by atoms with Gasteiger partial charge in [0.2, 0.25) is 0 Å². The lowest BCUT2D eigenvalue weighted by Gasteiger charge is -2.05. The highest BCUT2D eigenvalue weighted by molar-refractivity contribution is 9.11. The molecule has 0 bridgehead atoms. The number of anilines is 1. The maximum Gasteiger partial charge on any atom is 0.140 e. The summed E-state index contributed by atoms with van der Waals surface area (Å²) in [6.45, 7) is 2.05. The lowest BCUT2D eigenvalue weighted by atomic mass is 10.2. The number of nitrogens with zero attached hydrogens (tertiary/aromatic N) is 1. The van der Waals surface area contributed by atoms with Gasteiger partial charge in [0.05, 0.1) is 16.7 Å². The number of aromatic amines is 1. The number of aromatic nitrogens is 2. The van der Waals surface area contributed by atoms with Crippen LogP contribution >= 0.6 is 31.9 Å². The van der Waals surface area contributed by atoms with Crippen molar-refractivity contribution in [3.8, 4) is 11.4 Å². The number of nitrogens with one attached hydrogen (secondary N) is 1. The Morgan fingerprint density at radius 2 is 2.00 bits per heavy atom. The van der Waals surface area contributed by atoms with Crippen LogP contribution in [0, 0.1) is 6.92 Å². The molecule has 3 rings (SSSR count). The second-order valence-corrected chi connectivity index (χ2v) is 6.18. The first-order valence-corrected chi connectivity index (χ1v) is 7.35. The van der Waals surface area contributed by atoms with E-state index in [1.165, 1.54) is 0 Å². The van der Waals surface area contributed by atoms with Gasteiger partial charge in [0.25, 0.3) is 0 Å². The minimum Gasteiger partial charge on any atom is -0.397 e. The second-order valence-electron chi connectivity index (χ2n) is 4.41. The molecule has 2 aromatic carbocycles. The summed E-state index contributed by atoms with van der Waals surface area (Å²) >= 11 is 6.93.